The van der Waals surface area contributed by atoms with E-state index in [1.807, 2.05) is 48.5 Å². The number of hydrogen-bond donors (Lipinski definition) is 0. The third-order valence-electron chi connectivity index (χ3n) is 7.98. The first kappa shape index (κ1) is 25.2. The van der Waals surface area contributed by atoms with E-state index >= 15 is 0 Å². The number of nitrogens with zero attached hydrogens (tertiary/aromatic N) is 3. The van der Waals surface area contributed by atoms with E-state index in [-0.39, 0.29) is 11.0 Å². The first-order valence-corrected chi connectivity index (χ1v) is 13.3. The number of ether oxygens (including phenoxy) is 4. The largest absolute Gasteiger partial charge is 0.497 e. The number of hydrogen-bond acceptors (Lipinski definition) is 7. The van der Waals surface area contributed by atoms with E-state index in [2.05, 4.69) is 9.88 Å². The van der Waals surface area contributed by atoms with Crippen molar-refractivity contribution in [1.29, 1.82) is 0 Å². The summed E-state index contributed by atoms with van der Waals surface area (Å²) in [6.07, 6.45) is 3.95. The maximum Gasteiger partial charge on any atom is 0.261 e. The molecule has 8 heteroatoms. The molecule has 3 aromatic carbocycles. The number of piperidine rings is 1. The van der Waals surface area contributed by atoms with Crippen LogP contribution in [0.5, 0.6) is 23.0 Å². The van der Waals surface area contributed by atoms with Gasteiger partial charge in [0.25, 0.3) is 5.56 Å². The molecule has 0 radical (unpaired) electrons. The average Bonchev–Trinajstić information content (AvgIpc) is 3.58. The molecule has 202 valence electrons. The Morgan fingerprint density at radius 2 is 1.38 bits per heavy atom. The Kier molecular flexibility index (Phi) is 6.87. The summed E-state index contributed by atoms with van der Waals surface area (Å²) >= 11 is 0. The number of benzene rings is 3. The van der Waals surface area contributed by atoms with Crippen LogP contribution in [0.3, 0.4) is 0 Å². The quantitative estimate of drug-likeness (QED) is 0.297. The lowest BCUT2D eigenvalue weighted by molar-refractivity contribution is 0.256. The normalized spacial score (nSPS) is 19.8. The molecule has 4 aromatic rings. The van der Waals surface area contributed by atoms with E-state index in [0.29, 0.717) is 42.2 Å². The van der Waals surface area contributed by atoms with Crippen LogP contribution in [0.1, 0.15) is 24.0 Å². The summed E-state index contributed by atoms with van der Waals surface area (Å²) in [4.78, 5) is 20.8. The van der Waals surface area contributed by atoms with Gasteiger partial charge in [-0.05, 0) is 67.4 Å². The van der Waals surface area contributed by atoms with Crippen LogP contribution in [0.2, 0.25) is 0 Å². The smallest absolute Gasteiger partial charge is 0.261 e. The molecule has 2 aliphatic rings. The Bertz CT molecular complexity index is 1510. The third-order valence-corrected chi connectivity index (χ3v) is 7.98. The van der Waals surface area contributed by atoms with Crippen molar-refractivity contribution in [3.63, 3.8) is 0 Å². The molecule has 1 aromatic heterocycles. The second-order valence-electron chi connectivity index (χ2n) is 10.5. The monoisotopic (exact) mass is 527 g/mol. The predicted octanol–water partition coefficient (Wildman–Crippen LogP) is 4.67. The molecule has 2 fully saturated rings. The Morgan fingerprint density at radius 3 is 1.90 bits per heavy atom. The topological polar surface area (TPSA) is 75.1 Å². The maximum absolute atomic E-state index is 13.6. The summed E-state index contributed by atoms with van der Waals surface area (Å²) in [5.74, 6) is 2.62. The van der Waals surface area contributed by atoms with Crippen LogP contribution < -0.4 is 24.5 Å². The summed E-state index contributed by atoms with van der Waals surface area (Å²) in [5, 5.41) is 0.531. The standard InChI is InChI=1S/C31H33N3O5/c1-36-24-7-3-22(4-8-24)17-38-28-15-26-27(16-29(28)39-18-23-5-9-25(37-2)10-6-23)32-21-34(30(26)35)20-31-11-13-33(19-31)14-12-31/h3-10,15-16,21H,11-14,17-20H2,1-2H3. The highest BCUT2D eigenvalue weighted by atomic mass is 16.5. The van der Waals surface area contributed by atoms with E-state index in [9.17, 15) is 4.79 Å². The summed E-state index contributed by atoms with van der Waals surface area (Å²) < 4.78 is 24.7. The van der Waals surface area contributed by atoms with Gasteiger partial charge in [-0.3, -0.25) is 9.36 Å². The van der Waals surface area contributed by atoms with E-state index in [4.69, 9.17) is 18.9 Å². The highest BCUT2D eigenvalue weighted by Crippen LogP contribution is 2.41. The molecular weight excluding hydrogens is 494 g/mol. The van der Waals surface area contributed by atoms with Crippen LogP contribution >= 0.6 is 0 Å². The highest BCUT2D eigenvalue weighted by molar-refractivity contribution is 5.81. The fourth-order valence-electron chi connectivity index (χ4n) is 5.66. The van der Waals surface area contributed by atoms with Gasteiger partial charge in [-0.15, -0.1) is 0 Å². The molecule has 2 bridgehead atoms. The zero-order chi connectivity index (χ0) is 26.8. The van der Waals surface area contributed by atoms with Crippen molar-refractivity contribution in [2.75, 3.05) is 33.9 Å². The summed E-state index contributed by atoms with van der Waals surface area (Å²) in [5.41, 5.74) is 2.69. The first-order valence-electron chi connectivity index (χ1n) is 13.3. The minimum absolute atomic E-state index is 0.0456. The van der Waals surface area contributed by atoms with E-state index in [1.165, 1.54) is 0 Å². The molecule has 0 atom stereocenters. The Morgan fingerprint density at radius 1 is 0.821 bits per heavy atom. The molecule has 39 heavy (non-hydrogen) atoms. The predicted molar refractivity (Wildman–Crippen MR) is 149 cm³/mol. The molecule has 2 saturated heterocycles. The average molecular weight is 528 g/mol. The van der Waals surface area contributed by atoms with Crippen molar-refractivity contribution >= 4 is 10.9 Å². The van der Waals surface area contributed by atoms with E-state index < -0.39 is 0 Å². The second kappa shape index (κ2) is 10.6. The van der Waals surface area contributed by atoms with E-state index in [0.717, 1.165) is 55.1 Å². The van der Waals surface area contributed by atoms with Crippen molar-refractivity contribution in [2.45, 2.75) is 32.6 Å². The molecule has 0 spiro atoms. The summed E-state index contributed by atoms with van der Waals surface area (Å²) in [6.45, 7) is 4.66. The van der Waals surface area contributed by atoms with Gasteiger partial charge >= 0.3 is 0 Å². The van der Waals surface area contributed by atoms with Crippen LogP contribution in [-0.4, -0.2) is 48.3 Å². The molecule has 8 nitrogen and oxygen atoms in total. The van der Waals surface area contributed by atoms with Crippen molar-refractivity contribution in [2.24, 2.45) is 5.41 Å². The molecule has 3 heterocycles. The molecule has 0 unspecified atom stereocenters. The summed E-state index contributed by atoms with van der Waals surface area (Å²) in [6, 6.07) is 19.0. The van der Waals surface area contributed by atoms with Gasteiger partial charge in [0.2, 0.25) is 0 Å². The zero-order valence-electron chi connectivity index (χ0n) is 22.4. The van der Waals surface area contributed by atoms with Crippen LogP contribution in [-0.2, 0) is 19.8 Å². The molecular formula is C31H33N3O5. The lowest BCUT2D eigenvalue weighted by Crippen LogP contribution is -2.32. The van der Waals surface area contributed by atoms with Crippen LogP contribution in [0.15, 0.2) is 71.8 Å². The lowest BCUT2D eigenvalue weighted by Gasteiger charge is -2.25. The molecule has 0 amide bonds. The first-order chi connectivity index (χ1) is 19.0. The second-order valence-corrected chi connectivity index (χ2v) is 10.5. The highest BCUT2D eigenvalue weighted by Gasteiger charge is 2.43. The minimum Gasteiger partial charge on any atom is -0.497 e. The molecule has 6 rings (SSSR count). The maximum atomic E-state index is 13.6. The van der Waals surface area contributed by atoms with Gasteiger partial charge in [-0.25, -0.2) is 4.98 Å². The van der Waals surface area contributed by atoms with Gasteiger partial charge in [-0.2, -0.15) is 0 Å². The lowest BCUT2D eigenvalue weighted by atomic mass is 9.84. The molecule has 2 aliphatic heterocycles. The number of aromatic nitrogens is 2. The van der Waals surface area contributed by atoms with Crippen LogP contribution in [0.25, 0.3) is 10.9 Å². The van der Waals surface area contributed by atoms with Crippen molar-refractivity contribution in [1.82, 2.24) is 14.5 Å². The van der Waals surface area contributed by atoms with Gasteiger partial charge in [-0.1, -0.05) is 24.3 Å². The fourth-order valence-corrected chi connectivity index (χ4v) is 5.66. The minimum atomic E-state index is -0.0456. The molecule has 0 N–H and O–H groups in total. The van der Waals surface area contributed by atoms with Crippen molar-refractivity contribution in [3.05, 3.63) is 88.5 Å². The number of fused-ring (bicyclic) bond motifs is 3. The van der Waals surface area contributed by atoms with Gasteiger partial charge in [0, 0.05) is 24.6 Å². The third kappa shape index (κ3) is 5.29. The van der Waals surface area contributed by atoms with Crippen molar-refractivity contribution in [3.8, 4) is 23.0 Å². The van der Waals surface area contributed by atoms with Crippen LogP contribution in [0.4, 0.5) is 0 Å². The Hall–Kier alpha value is -4.04. The van der Waals surface area contributed by atoms with Gasteiger partial charge in [0.15, 0.2) is 11.5 Å². The number of methoxy groups -OCH3 is 2. The van der Waals surface area contributed by atoms with Crippen LogP contribution in [0, 0.1) is 5.41 Å². The SMILES string of the molecule is COc1ccc(COc2cc3ncn(CC45CCN(CC4)C5)c(=O)c3cc2OCc2ccc(OC)cc2)cc1. The molecule has 0 aliphatic carbocycles. The fraction of sp³-hybridized carbons (Fsp3) is 0.355. The zero-order valence-corrected chi connectivity index (χ0v) is 22.4. The Labute approximate surface area is 227 Å². The molecule has 0 saturated carbocycles. The van der Waals surface area contributed by atoms with Gasteiger partial charge < -0.3 is 23.8 Å². The van der Waals surface area contributed by atoms with E-state index in [1.54, 1.807) is 37.2 Å². The van der Waals surface area contributed by atoms with Gasteiger partial charge in [0.05, 0.1) is 31.4 Å². The number of rotatable bonds is 10. The van der Waals surface area contributed by atoms with Gasteiger partial charge in [0.1, 0.15) is 24.7 Å². The van der Waals surface area contributed by atoms with Crippen molar-refractivity contribution < 1.29 is 18.9 Å². The Balaban J connectivity index is 1.30. The summed E-state index contributed by atoms with van der Waals surface area (Å²) in [7, 11) is 3.28.